The van der Waals surface area contributed by atoms with Crippen molar-refractivity contribution >= 4 is 11.4 Å². The maximum absolute atomic E-state index is 6.16. The number of para-hydroxylation sites is 1. The van der Waals surface area contributed by atoms with Crippen LogP contribution in [0.2, 0.25) is 0 Å². The van der Waals surface area contributed by atoms with E-state index in [0.717, 1.165) is 17.9 Å². The Bertz CT molecular complexity index is 540. The summed E-state index contributed by atoms with van der Waals surface area (Å²) in [5.41, 5.74) is 8.97. The summed E-state index contributed by atoms with van der Waals surface area (Å²) < 4.78 is 5.65. The minimum absolute atomic E-state index is 0.194. The number of nitrogen functional groups attached to an aromatic ring is 1. The number of anilines is 2. The van der Waals surface area contributed by atoms with Gasteiger partial charge >= 0.3 is 0 Å². The zero-order chi connectivity index (χ0) is 14.4. The van der Waals surface area contributed by atoms with Gasteiger partial charge in [0.1, 0.15) is 5.75 Å². The number of nitrogens with two attached hydrogens (primary N) is 1. The molecule has 0 aliphatic carbocycles. The Hall–Kier alpha value is -2.16. The van der Waals surface area contributed by atoms with Gasteiger partial charge in [-0.25, -0.2) is 0 Å². The molecule has 3 heteroatoms. The number of ether oxygens (including phenoxy) is 1. The average molecular weight is 270 g/mol. The first-order valence-corrected chi connectivity index (χ1v) is 7.05. The molecule has 0 aliphatic heterocycles. The minimum atomic E-state index is 0.194. The van der Waals surface area contributed by atoms with E-state index in [0.29, 0.717) is 12.3 Å². The second-order valence-electron chi connectivity index (χ2n) is 4.84. The van der Waals surface area contributed by atoms with Crippen LogP contribution in [-0.2, 0) is 0 Å². The van der Waals surface area contributed by atoms with Gasteiger partial charge < -0.3 is 15.8 Å². The Morgan fingerprint density at radius 1 is 1.10 bits per heavy atom. The molecule has 2 aromatic rings. The van der Waals surface area contributed by atoms with Crippen LogP contribution in [0.1, 0.15) is 31.9 Å². The van der Waals surface area contributed by atoms with E-state index in [1.54, 1.807) is 0 Å². The average Bonchev–Trinajstić information content (AvgIpc) is 2.49. The van der Waals surface area contributed by atoms with Crippen molar-refractivity contribution in [3.05, 3.63) is 54.1 Å². The first-order chi connectivity index (χ1) is 9.72. The normalized spacial score (nSPS) is 11.9. The quantitative estimate of drug-likeness (QED) is 0.772. The zero-order valence-electron chi connectivity index (χ0n) is 12.1. The topological polar surface area (TPSA) is 47.3 Å². The fraction of sp³-hybridized carbons (Fsp3) is 0.294. The van der Waals surface area contributed by atoms with Gasteiger partial charge in [-0.3, -0.25) is 0 Å². The number of benzene rings is 2. The summed E-state index contributed by atoms with van der Waals surface area (Å²) in [5.74, 6) is 0.747. The van der Waals surface area contributed by atoms with E-state index in [4.69, 9.17) is 10.5 Å². The number of nitrogens with one attached hydrogen (secondary N) is 1. The van der Waals surface area contributed by atoms with Crippen LogP contribution < -0.4 is 15.8 Å². The lowest BCUT2D eigenvalue weighted by Crippen LogP contribution is -2.09. The van der Waals surface area contributed by atoms with E-state index in [1.807, 2.05) is 36.4 Å². The Balaban J connectivity index is 2.13. The molecule has 0 saturated heterocycles. The Labute approximate surface area is 120 Å². The highest BCUT2D eigenvalue weighted by Crippen LogP contribution is 2.31. The van der Waals surface area contributed by atoms with Crippen LogP contribution in [0, 0.1) is 0 Å². The molecule has 3 nitrogen and oxygen atoms in total. The van der Waals surface area contributed by atoms with Gasteiger partial charge in [-0.2, -0.15) is 0 Å². The van der Waals surface area contributed by atoms with Crippen LogP contribution in [0.15, 0.2) is 48.5 Å². The largest absolute Gasteiger partial charge is 0.491 e. The molecule has 0 radical (unpaired) electrons. The van der Waals surface area contributed by atoms with Crippen molar-refractivity contribution in [3.63, 3.8) is 0 Å². The molecule has 0 aromatic heterocycles. The lowest BCUT2D eigenvalue weighted by atomic mass is 10.1. The van der Waals surface area contributed by atoms with E-state index < -0.39 is 0 Å². The molecule has 0 amide bonds. The van der Waals surface area contributed by atoms with Crippen LogP contribution >= 0.6 is 0 Å². The SMILES string of the molecule is CCCOc1cccc(NC(C)c2ccccc2)c1N. The van der Waals surface area contributed by atoms with Gasteiger partial charge in [0.05, 0.1) is 18.0 Å². The second kappa shape index (κ2) is 6.85. The van der Waals surface area contributed by atoms with Crippen LogP contribution in [-0.4, -0.2) is 6.61 Å². The molecule has 2 rings (SSSR count). The van der Waals surface area contributed by atoms with Gasteiger partial charge in [0.25, 0.3) is 0 Å². The number of rotatable bonds is 6. The lowest BCUT2D eigenvalue weighted by molar-refractivity contribution is 0.319. The van der Waals surface area contributed by atoms with E-state index in [-0.39, 0.29) is 6.04 Å². The summed E-state index contributed by atoms with van der Waals surface area (Å²) in [4.78, 5) is 0. The highest BCUT2D eigenvalue weighted by atomic mass is 16.5. The van der Waals surface area contributed by atoms with Gasteiger partial charge in [0, 0.05) is 6.04 Å². The first kappa shape index (κ1) is 14.3. The molecule has 2 aromatic carbocycles. The van der Waals surface area contributed by atoms with Gasteiger partial charge in [-0.15, -0.1) is 0 Å². The van der Waals surface area contributed by atoms with E-state index in [1.165, 1.54) is 5.56 Å². The third-order valence-corrected chi connectivity index (χ3v) is 3.20. The second-order valence-corrected chi connectivity index (χ2v) is 4.84. The van der Waals surface area contributed by atoms with Gasteiger partial charge in [-0.05, 0) is 31.0 Å². The molecule has 0 aliphatic rings. The Morgan fingerprint density at radius 2 is 1.85 bits per heavy atom. The maximum atomic E-state index is 6.16. The summed E-state index contributed by atoms with van der Waals surface area (Å²) >= 11 is 0. The highest BCUT2D eigenvalue weighted by Gasteiger charge is 2.09. The number of hydrogen-bond donors (Lipinski definition) is 2. The van der Waals surface area contributed by atoms with Crippen LogP contribution in [0.3, 0.4) is 0 Å². The third kappa shape index (κ3) is 3.44. The monoisotopic (exact) mass is 270 g/mol. The standard InChI is InChI=1S/C17H22N2O/c1-3-12-20-16-11-7-10-15(17(16)18)19-13(2)14-8-5-4-6-9-14/h4-11,13,19H,3,12,18H2,1-2H3. The van der Waals surface area contributed by atoms with Crippen molar-refractivity contribution in [3.8, 4) is 5.75 Å². The predicted octanol–water partition coefficient (Wildman–Crippen LogP) is 4.23. The lowest BCUT2D eigenvalue weighted by Gasteiger charge is -2.18. The van der Waals surface area contributed by atoms with Crippen molar-refractivity contribution in [2.75, 3.05) is 17.7 Å². The molecule has 0 heterocycles. The number of hydrogen-bond acceptors (Lipinski definition) is 3. The fourth-order valence-corrected chi connectivity index (χ4v) is 2.07. The molecule has 1 atom stereocenters. The molecule has 0 fully saturated rings. The molecule has 0 spiro atoms. The van der Waals surface area contributed by atoms with E-state index in [9.17, 15) is 0 Å². The summed E-state index contributed by atoms with van der Waals surface area (Å²) in [6.45, 7) is 4.88. The first-order valence-electron chi connectivity index (χ1n) is 7.05. The van der Waals surface area contributed by atoms with Crippen molar-refractivity contribution in [1.82, 2.24) is 0 Å². The predicted molar refractivity (Wildman–Crippen MR) is 85.1 cm³/mol. The molecule has 0 bridgehead atoms. The molecule has 3 N–H and O–H groups in total. The van der Waals surface area contributed by atoms with Crippen molar-refractivity contribution in [2.45, 2.75) is 26.3 Å². The summed E-state index contributed by atoms with van der Waals surface area (Å²) in [5, 5.41) is 3.44. The smallest absolute Gasteiger partial charge is 0.144 e. The van der Waals surface area contributed by atoms with Gasteiger partial charge in [0.15, 0.2) is 0 Å². The molecular weight excluding hydrogens is 248 g/mol. The van der Waals surface area contributed by atoms with Gasteiger partial charge in [-0.1, -0.05) is 43.3 Å². The summed E-state index contributed by atoms with van der Waals surface area (Å²) in [7, 11) is 0. The molecular formula is C17H22N2O. The fourth-order valence-electron chi connectivity index (χ4n) is 2.07. The molecule has 20 heavy (non-hydrogen) atoms. The zero-order valence-corrected chi connectivity index (χ0v) is 12.1. The molecule has 0 saturated carbocycles. The van der Waals surface area contributed by atoms with Crippen molar-refractivity contribution < 1.29 is 4.74 Å². The summed E-state index contributed by atoms with van der Waals surface area (Å²) in [6.07, 6.45) is 0.970. The van der Waals surface area contributed by atoms with Crippen LogP contribution in [0.25, 0.3) is 0 Å². The summed E-state index contributed by atoms with van der Waals surface area (Å²) in [6, 6.07) is 16.3. The van der Waals surface area contributed by atoms with Gasteiger partial charge in [0.2, 0.25) is 0 Å². The van der Waals surface area contributed by atoms with Crippen LogP contribution in [0.5, 0.6) is 5.75 Å². The molecule has 1 unspecified atom stereocenters. The maximum Gasteiger partial charge on any atom is 0.144 e. The van der Waals surface area contributed by atoms with Crippen molar-refractivity contribution in [2.24, 2.45) is 0 Å². The highest BCUT2D eigenvalue weighted by molar-refractivity contribution is 5.73. The third-order valence-electron chi connectivity index (χ3n) is 3.20. The minimum Gasteiger partial charge on any atom is -0.491 e. The molecule has 106 valence electrons. The Morgan fingerprint density at radius 3 is 2.55 bits per heavy atom. The van der Waals surface area contributed by atoms with Crippen LogP contribution in [0.4, 0.5) is 11.4 Å². The van der Waals surface area contributed by atoms with Crippen molar-refractivity contribution in [1.29, 1.82) is 0 Å². The van der Waals surface area contributed by atoms with E-state index in [2.05, 4.69) is 31.3 Å². The Kier molecular flexibility index (Phi) is 4.88. The van der Waals surface area contributed by atoms with E-state index >= 15 is 0 Å².